The van der Waals surface area contributed by atoms with Gasteiger partial charge in [0.15, 0.2) is 11.9 Å². The molecule has 1 aliphatic carbocycles. The van der Waals surface area contributed by atoms with Gasteiger partial charge in [0.1, 0.15) is 42.8 Å². The SMILES string of the molecule is CC(C)(C)C(=O)OCOC(=O)Nc1ncnn2c([C@]3(C#N)O[C@H](COC(=O)[C@@H](N)Cc4ccccc4)[C@@H](OC(=O)CC4CCCCC4)[C@H]3O)ccc12. The second-order valence-corrected chi connectivity index (χ2v) is 14.0. The Labute approximate surface area is 300 Å². The first-order chi connectivity index (χ1) is 24.8. The summed E-state index contributed by atoms with van der Waals surface area (Å²) in [5.41, 5.74) is 4.16. The van der Waals surface area contributed by atoms with E-state index >= 15 is 0 Å². The Balaban J connectivity index is 1.35. The quantitative estimate of drug-likeness (QED) is 0.139. The molecule has 2 aliphatic rings. The number of fused-ring (bicyclic) bond motifs is 1. The van der Waals surface area contributed by atoms with E-state index < -0.39 is 72.8 Å². The number of anilines is 1. The zero-order valence-corrected chi connectivity index (χ0v) is 29.4. The van der Waals surface area contributed by atoms with Crippen molar-refractivity contribution in [3.8, 4) is 6.07 Å². The normalized spacial score (nSPS) is 22.6. The number of aromatic nitrogens is 3. The minimum Gasteiger partial charge on any atom is -0.462 e. The standard InChI is InChI=1S/C36H44N6O10/c1-35(2,3)33(46)49-21-50-34(47)41-31-25-14-15-27(42(25)40-20-39-31)36(19-37)30(44)29(51-28(43)17-23-12-8-5-9-13-23)26(52-36)18-48-32(45)24(38)16-22-10-6-4-7-11-22/h4,6-7,10-11,14-15,20,23-24,26,29-30,44H,5,8-9,12-13,16-18,21,38H2,1-3H3,(H,39,40,41,47)/t24-,26+,29+,30+,36-/m0/s1. The summed E-state index contributed by atoms with van der Waals surface area (Å²) in [4.78, 5) is 54.7. The number of nitriles is 1. The lowest BCUT2D eigenvalue weighted by molar-refractivity contribution is -0.162. The van der Waals surface area contributed by atoms with Crippen molar-refractivity contribution in [3.05, 3.63) is 60.0 Å². The van der Waals surface area contributed by atoms with Crippen LogP contribution in [0.1, 0.15) is 70.6 Å². The molecule has 0 unspecified atom stereocenters. The fourth-order valence-corrected chi connectivity index (χ4v) is 6.29. The first kappa shape index (κ1) is 38.1. The highest BCUT2D eigenvalue weighted by molar-refractivity contribution is 5.88. The number of nitrogens with one attached hydrogen (secondary N) is 1. The maximum absolute atomic E-state index is 13.2. The third-order valence-corrected chi connectivity index (χ3v) is 9.08. The number of carbonyl (C=O) groups is 4. The average molecular weight is 721 g/mol. The first-order valence-corrected chi connectivity index (χ1v) is 17.2. The number of hydrogen-bond acceptors (Lipinski definition) is 14. The molecule has 1 aliphatic heterocycles. The smallest absolute Gasteiger partial charge is 0.415 e. The molecule has 3 heterocycles. The molecule has 1 saturated carbocycles. The van der Waals surface area contributed by atoms with Crippen LogP contribution in [-0.2, 0) is 50.1 Å². The van der Waals surface area contributed by atoms with Gasteiger partial charge in [0, 0.05) is 6.42 Å². The molecule has 2 aromatic heterocycles. The van der Waals surface area contributed by atoms with Gasteiger partial charge in [-0.25, -0.2) is 14.3 Å². The number of amides is 1. The largest absolute Gasteiger partial charge is 0.462 e. The fraction of sp³-hybridized carbons (Fsp3) is 0.528. The van der Waals surface area contributed by atoms with E-state index in [0.717, 1.165) is 44.0 Å². The number of nitrogens with two attached hydrogens (primary N) is 1. The summed E-state index contributed by atoms with van der Waals surface area (Å²) in [5, 5.41) is 29.0. The van der Waals surface area contributed by atoms with Crippen LogP contribution >= 0.6 is 0 Å². The van der Waals surface area contributed by atoms with Crippen molar-refractivity contribution in [2.45, 2.75) is 95.7 Å². The number of hydrogen-bond donors (Lipinski definition) is 3. The maximum atomic E-state index is 13.2. The molecule has 4 N–H and O–H groups in total. The summed E-state index contributed by atoms with van der Waals surface area (Å²) < 4.78 is 28.7. The van der Waals surface area contributed by atoms with Gasteiger partial charge in [0.25, 0.3) is 0 Å². The van der Waals surface area contributed by atoms with Gasteiger partial charge in [-0.3, -0.25) is 19.7 Å². The van der Waals surface area contributed by atoms with Gasteiger partial charge in [-0.15, -0.1) is 0 Å². The van der Waals surface area contributed by atoms with Crippen LogP contribution in [0.3, 0.4) is 0 Å². The number of nitrogens with zero attached hydrogens (tertiary/aromatic N) is 4. The molecular formula is C36H44N6O10. The number of aliphatic hydroxyl groups is 1. The van der Waals surface area contributed by atoms with E-state index in [1.807, 2.05) is 36.4 Å². The van der Waals surface area contributed by atoms with Gasteiger partial charge in [0.2, 0.25) is 12.4 Å². The molecule has 1 amide bonds. The minimum atomic E-state index is -2.18. The Kier molecular flexibility index (Phi) is 12.1. The van der Waals surface area contributed by atoms with Crippen LogP contribution in [0, 0.1) is 22.7 Å². The van der Waals surface area contributed by atoms with Crippen molar-refractivity contribution in [2.75, 3.05) is 18.7 Å². The third kappa shape index (κ3) is 8.84. The van der Waals surface area contributed by atoms with Crippen LogP contribution in [0.15, 0.2) is 48.8 Å². The van der Waals surface area contributed by atoms with E-state index in [1.165, 1.54) is 16.6 Å². The van der Waals surface area contributed by atoms with Gasteiger partial charge in [-0.05, 0) is 63.6 Å². The third-order valence-electron chi connectivity index (χ3n) is 9.08. The van der Waals surface area contributed by atoms with Gasteiger partial charge in [-0.1, -0.05) is 49.6 Å². The summed E-state index contributed by atoms with van der Waals surface area (Å²) in [5.74, 6) is -1.81. The highest BCUT2D eigenvalue weighted by Crippen LogP contribution is 2.42. The van der Waals surface area contributed by atoms with Gasteiger partial charge in [-0.2, -0.15) is 10.4 Å². The Morgan fingerprint density at radius 1 is 1.10 bits per heavy atom. The lowest BCUT2D eigenvalue weighted by Gasteiger charge is -2.25. The van der Waals surface area contributed by atoms with E-state index in [1.54, 1.807) is 20.8 Å². The van der Waals surface area contributed by atoms with Gasteiger partial charge < -0.3 is 34.5 Å². The first-order valence-electron chi connectivity index (χ1n) is 17.2. The minimum absolute atomic E-state index is 0.0124. The van der Waals surface area contributed by atoms with E-state index in [0.29, 0.717) is 0 Å². The second-order valence-electron chi connectivity index (χ2n) is 14.0. The summed E-state index contributed by atoms with van der Waals surface area (Å²) in [6, 6.07) is 13.0. The number of aliphatic hydroxyl groups excluding tert-OH is 1. The van der Waals surface area contributed by atoms with Crippen molar-refractivity contribution in [1.82, 2.24) is 14.6 Å². The Morgan fingerprint density at radius 2 is 1.83 bits per heavy atom. The molecule has 1 aromatic carbocycles. The maximum Gasteiger partial charge on any atom is 0.415 e. The summed E-state index contributed by atoms with van der Waals surface area (Å²) in [6.07, 6.45) is 0.861. The molecular weight excluding hydrogens is 676 g/mol. The van der Waals surface area contributed by atoms with Gasteiger partial charge >= 0.3 is 24.0 Å². The van der Waals surface area contributed by atoms with Crippen LogP contribution in [0.4, 0.5) is 10.6 Å². The van der Waals surface area contributed by atoms with E-state index in [-0.39, 0.29) is 35.8 Å². The van der Waals surface area contributed by atoms with Crippen LogP contribution < -0.4 is 11.1 Å². The average Bonchev–Trinajstić information content (AvgIpc) is 3.67. The van der Waals surface area contributed by atoms with Crippen LogP contribution in [0.5, 0.6) is 0 Å². The van der Waals surface area contributed by atoms with E-state index in [2.05, 4.69) is 15.4 Å². The van der Waals surface area contributed by atoms with Crippen molar-refractivity contribution >= 4 is 35.3 Å². The Hall–Kier alpha value is -5.11. The highest BCUT2D eigenvalue weighted by atomic mass is 16.7. The zero-order chi connectivity index (χ0) is 37.5. The zero-order valence-electron chi connectivity index (χ0n) is 29.4. The highest BCUT2D eigenvalue weighted by Gasteiger charge is 2.60. The summed E-state index contributed by atoms with van der Waals surface area (Å²) in [6.45, 7) is 3.82. The number of ether oxygens (including phenoxy) is 5. The molecule has 1 saturated heterocycles. The number of benzene rings is 1. The van der Waals surface area contributed by atoms with Gasteiger partial charge in [0.05, 0.1) is 11.1 Å². The number of rotatable bonds is 12. The molecule has 16 nitrogen and oxygen atoms in total. The van der Waals surface area contributed by atoms with Crippen molar-refractivity contribution in [1.29, 1.82) is 5.26 Å². The monoisotopic (exact) mass is 720 g/mol. The Bertz CT molecular complexity index is 1780. The van der Waals surface area contributed by atoms with Crippen molar-refractivity contribution < 1.29 is 48.0 Å². The van der Waals surface area contributed by atoms with Crippen LogP contribution in [0.2, 0.25) is 0 Å². The molecule has 0 radical (unpaired) electrons. The fourth-order valence-electron chi connectivity index (χ4n) is 6.29. The second kappa shape index (κ2) is 16.5. The molecule has 5 rings (SSSR count). The van der Waals surface area contributed by atoms with Crippen molar-refractivity contribution in [3.63, 3.8) is 0 Å². The molecule has 0 bridgehead atoms. The summed E-state index contributed by atoms with van der Waals surface area (Å²) in [7, 11) is 0. The van der Waals surface area contributed by atoms with E-state index in [9.17, 15) is 29.5 Å². The lowest BCUT2D eigenvalue weighted by Crippen LogP contribution is -2.43. The van der Waals surface area contributed by atoms with Crippen molar-refractivity contribution in [2.24, 2.45) is 17.1 Å². The molecule has 0 spiro atoms. The summed E-state index contributed by atoms with van der Waals surface area (Å²) >= 11 is 0. The molecule has 278 valence electrons. The van der Waals surface area contributed by atoms with Crippen LogP contribution in [-0.4, -0.2) is 81.5 Å². The van der Waals surface area contributed by atoms with Crippen LogP contribution in [0.25, 0.3) is 5.52 Å². The predicted molar refractivity (Wildman–Crippen MR) is 182 cm³/mol. The topological polar surface area (TPSA) is 227 Å². The predicted octanol–water partition coefficient (Wildman–Crippen LogP) is 3.30. The molecule has 16 heteroatoms. The molecule has 52 heavy (non-hydrogen) atoms. The number of carbonyl (C=O) groups excluding carboxylic acids is 4. The molecule has 5 atom stereocenters. The molecule has 3 aromatic rings. The Morgan fingerprint density at radius 3 is 2.52 bits per heavy atom. The number of esters is 3. The van der Waals surface area contributed by atoms with E-state index in [4.69, 9.17) is 29.4 Å². The molecule has 2 fully saturated rings. The lowest BCUT2D eigenvalue weighted by atomic mass is 9.87.